The standard InChI is InChI=1S/C12H8BrClF2N4O/c13-7-3-5(15)4-8(14)10(7)19-12(21)6-1-2-18-11(20-17)9(6)16/h1-4H,17H2,(H,18,20)(H,19,21). The van der Waals surface area contributed by atoms with Gasteiger partial charge in [-0.1, -0.05) is 11.6 Å². The van der Waals surface area contributed by atoms with Gasteiger partial charge in [-0.25, -0.2) is 19.6 Å². The number of nitrogens with one attached hydrogen (secondary N) is 2. The fraction of sp³-hybridized carbons (Fsp3) is 0. The highest BCUT2D eigenvalue weighted by molar-refractivity contribution is 9.10. The SMILES string of the molecule is NNc1nccc(C(=O)Nc2c(Cl)cc(F)cc2Br)c1F. The number of aromatic nitrogens is 1. The summed E-state index contributed by atoms with van der Waals surface area (Å²) in [5.74, 6) is 2.55. The molecule has 0 aliphatic heterocycles. The van der Waals surface area contributed by atoms with Crippen molar-refractivity contribution in [3.63, 3.8) is 0 Å². The molecular formula is C12H8BrClF2N4O. The van der Waals surface area contributed by atoms with E-state index < -0.39 is 17.5 Å². The number of nitrogens with two attached hydrogens (primary N) is 1. The molecule has 1 heterocycles. The molecule has 1 aromatic heterocycles. The quantitative estimate of drug-likeness (QED) is 0.566. The van der Waals surface area contributed by atoms with E-state index in [1.165, 1.54) is 12.3 Å². The van der Waals surface area contributed by atoms with E-state index in [0.717, 1.165) is 12.1 Å². The van der Waals surface area contributed by atoms with Crippen LogP contribution in [0.25, 0.3) is 0 Å². The molecule has 9 heteroatoms. The molecule has 1 aromatic carbocycles. The summed E-state index contributed by atoms with van der Waals surface area (Å²) in [6.45, 7) is 0. The van der Waals surface area contributed by atoms with Crippen molar-refractivity contribution >= 4 is 44.9 Å². The third-order valence-corrected chi connectivity index (χ3v) is 3.44. The van der Waals surface area contributed by atoms with Crippen molar-refractivity contribution in [3.8, 4) is 0 Å². The molecule has 5 nitrogen and oxygen atoms in total. The molecule has 0 fully saturated rings. The van der Waals surface area contributed by atoms with Crippen LogP contribution in [0.4, 0.5) is 20.3 Å². The van der Waals surface area contributed by atoms with Crippen molar-refractivity contribution in [1.82, 2.24) is 4.98 Å². The summed E-state index contributed by atoms with van der Waals surface area (Å²) in [5, 5.41) is 2.37. The van der Waals surface area contributed by atoms with Gasteiger partial charge in [0.05, 0.1) is 16.3 Å². The number of pyridine rings is 1. The Hall–Kier alpha value is -1.77. The van der Waals surface area contributed by atoms with Crippen molar-refractivity contribution in [3.05, 3.63) is 51.1 Å². The number of halogens is 4. The van der Waals surface area contributed by atoms with E-state index in [1.54, 1.807) is 0 Å². The van der Waals surface area contributed by atoms with Gasteiger partial charge in [-0.15, -0.1) is 0 Å². The highest BCUT2D eigenvalue weighted by Gasteiger charge is 2.18. The van der Waals surface area contributed by atoms with Gasteiger partial charge in [0.15, 0.2) is 11.6 Å². The van der Waals surface area contributed by atoms with Gasteiger partial charge >= 0.3 is 0 Å². The van der Waals surface area contributed by atoms with Crippen LogP contribution in [-0.4, -0.2) is 10.9 Å². The van der Waals surface area contributed by atoms with E-state index in [4.69, 9.17) is 17.4 Å². The Morgan fingerprint density at radius 3 is 2.71 bits per heavy atom. The van der Waals surface area contributed by atoms with Crippen LogP contribution in [0.15, 0.2) is 28.9 Å². The van der Waals surface area contributed by atoms with Gasteiger partial charge in [0.2, 0.25) is 0 Å². The lowest BCUT2D eigenvalue weighted by atomic mass is 10.2. The lowest BCUT2D eigenvalue weighted by Crippen LogP contribution is -2.18. The molecule has 21 heavy (non-hydrogen) atoms. The number of anilines is 2. The van der Waals surface area contributed by atoms with E-state index in [2.05, 4.69) is 26.2 Å². The van der Waals surface area contributed by atoms with E-state index in [-0.39, 0.29) is 26.6 Å². The predicted molar refractivity (Wildman–Crippen MR) is 79.1 cm³/mol. The van der Waals surface area contributed by atoms with Crippen LogP contribution < -0.4 is 16.6 Å². The molecular weight excluding hydrogens is 370 g/mol. The van der Waals surface area contributed by atoms with Crippen LogP contribution in [0, 0.1) is 11.6 Å². The normalized spacial score (nSPS) is 10.3. The number of carbonyl (C=O) groups is 1. The molecule has 2 aromatic rings. The first kappa shape index (κ1) is 15.6. The van der Waals surface area contributed by atoms with Crippen molar-refractivity contribution in [2.75, 3.05) is 10.7 Å². The van der Waals surface area contributed by atoms with Crippen LogP contribution in [-0.2, 0) is 0 Å². The van der Waals surface area contributed by atoms with Gasteiger partial charge in [-0.3, -0.25) is 4.79 Å². The topological polar surface area (TPSA) is 80.0 Å². The molecule has 2 rings (SSSR count). The van der Waals surface area contributed by atoms with Crippen molar-refractivity contribution in [1.29, 1.82) is 0 Å². The minimum atomic E-state index is -0.910. The smallest absolute Gasteiger partial charge is 0.258 e. The summed E-state index contributed by atoms with van der Waals surface area (Å²) in [7, 11) is 0. The number of rotatable bonds is 3. The number of amides is 1. The lowest BCUT2D eigenvalue weighted by molar-refractivity contribution is 0.102. The maximum atomic E-state index is 13.9. The largest absolute Gasteiger partial charge is 0.320 e. The second-order valence-electron chi connectivity index (χ2n) is 3.86. The highest BCUT2D eigenvalue weighted by atomic mass is 79.9. The van der Waals surface area contributed by atoms with Crippen LogP contribution in [0.5, 0.6) is 0 Å². The fourth-order valence-electron chi connectivity index (χ4n) is 1.56. The van der Waals surface area contributed by atoms with Crippen LogP contribution in [0.2, 0.25) is 5.02 Å². The fourth-order valence-corrected chi connectivity index (χ4v) is 2.46. The number of hydrazine groups is 1. The third-order valence-electron chi connectivity index (χ3n) is 2.52. The van der Waals surface area contributed by atoms with Crippen molar-refractivity contribution in [2.45, 2.75) is 0 Å². The Morgan fingerprint density at radius 1 is 1.38 bits per heavy atom. The maximum Gasteiger partial charge on any atom is 0.258 e. The minimum Gasteiger partial charge on any atom is -0.320 e. The number of benzene rings is 1. The summed E-state index contributed by atoms with van der Waals surface area (Å²) in [6, 6.07) is 3.33. The van der Waals surface area contributed by atoms with E-state index in [9.17, 15) is 13.6 Å². The van der Waals surface area contributed by atoms with Gasteiger partial charge in [0.25, 0.3) is 5.91 Å². The molecule has 4 N–H and O–H groups in total. The second kappa shape index (κ2) is 6.33. The molecule has 110 valence electrons. The molecule has 0 spiro atoms. The van der Waals surface area contributed by atoms with Gasteiger partial charge in [0.1, 0.15) is 5.82 Å². The monoisotopic (exact) mass is 376 g/mol. The Morgan fingerprint density at radius 2 is 2.10 bits per heavy atom. The molecule has 0 radical (unpaired) electrons. The average molecular weight is 378 g/mol. The third kappa shape index (κ3) is 3.29. The van der Waals surface area contributed by atoms with Crippen molar-refractivity contribution in [2.24, 2.45) is 5.84 Å². The van der Waals surface area contributed by atoms with Crippen LogP contribution in [0.3, 0.4) is 0 Å². The summed E-state index contributed by atoms with van der Waals surface area (Å²) in [4.78, 5) is 15.7. The molecule has 0 aliphatic carbocycles. The second-order valence-corrected chi connectivity index (χ2v) is 5.13. The highest BCUT2D eigenvalue weighted by Crippen LogP contribution is 2.32. The number of nitrogen functional groups attached to an aromatic ring is 1. The molecule has 0 saturated heterocycles. The summed E-state index contributed by atoms with van der Waals surface area (Å²) in [6.07, 6.45) is 1.22. The molecule has 0 saturated carbocycles. The zero-order chi connectivity index (χ0) is 15.6. The Balaban J connectivity index is 2.35. The van der Waals surface area contributed by atoms with Crippen LogP contribution in [0.1, 0.15) is 10.4 Å². The Bertz CT molecular complexity index is 691. The number of carbonyl (C=O) groups excluding carboxylic acids is 1. The van der Waals surface area contributed by atoms with Crippen molar-refractivity contribution < 1.29 is 13.6 Å². The van der Waals surface area contributed by atoms with Gasteiger partial charge in [0, 0.05) is 10.7 Å². The lowest BCUT2D eigenvalue weighted by Gasteiger charge is -2.11. The zero-order valence-corrected chi connectivity index (χ0v) is 12.6. The maximum absolute atomic E-state index is 13.9. The van der Waals surface area contributed by atoms with Gasteiger partial charge < -0.3 is 10.7 Å². The predicted octanol–water partition coefficient (Wildman–Crippen LogP) is 3.31. The molecule has 0 atom stereocenters. The number of nitrogens with zero attached hydrogens (tertiary/aromatic N) is 1. The van der Waals surface area contributed by atoms with Gasteiger partial charge in [-0.2, -0.15) is 0 Å². The molecule has 0 bridgehead atoms. The Labute approximate surface area is 131 Å². The van der Waals surface area contributed by atoms with E-state index in [1.807, 2.05) is 5.43 Å². The zero-order valence-electron chi connectivity index (χ0n) is 10.3. The van der Waals surface area contributed by atoms with Gasteiger partial charge in [-0.05, 0) is 34.1 Å². The Kier molecular flexibility index (Phi) is 4.71. The number of hydrogen-bond donors (Lipinski definition) is 3. The van der Waals surface area contributed by atoms with E-state index >= 15 is 0 Å². The first-order chi connectivity index (χ1) is 9.93. The van der Waals surface area contributed by atoms with Crippen LogP contribution >= 0.6 is 27.5 Å². The first-order valence-electron chi connectivity index (χ1n) is 5.51. The summed E-state index contributed by atoms with van der Waals surface area (Å²) < 4.78 is 27.3. The molecule has 1 amide bonds. The minimum absolute atomic E-state index is 0.0261. The number of hydrogen-bond acceptors (Lipinski definition) is 4. The summed E-state index contributed by atoms with van der Waals surface area (Å²) in [5.41, 5.74) is 1.87. The van der Waals surface area contributed by atoms with E-state index in [0.29, 0.717) is 0 Å². The average Bonchev–Trinajstić information content (AvgIpc) is 2.42. The molecule has 0 aliphatic rings. The first-order valence-corrected chi connectivity index (χ1v) is 6.68. The molecule has 0 unspecified atom stereocenters. The summed E-state index contributed by atoms with van der Waals surface area (Å²) >= 11 is 8.91.